The molecule has 2 aliphatic rings. The minimum atomic E-state index is -5.08. The second kappa shape index (κ2) is 9.65. The Labute approximate surface area is 180 Å². The molecular formula is C20H22F3N3O4S. The normalized spacial score (nSPS) is 23.2. The lowest BCUT2D eigenvalue weighted by molar-refractivity contribution is -0.192. The highest BCUT2D eigenvalue weighted by atomic mass is 32.1. The number of alkyl halides is 3. The first-order chi connectivity index (χ1) is 14.7. The molecule has 2 aromatic rings. The molecule has 4 rings (SSSR count). The number of piperidine rings is 1. The van der Waals surface area contributed by atoms with Gasteiger partial charge in [-0.25, -0.2) is 4.79 Å². The maximum Gasteiger partial charge on any atom is 0.490 e. The summed E-state index contributed by atoms with van der Waals surface area (Å²) in [5, 5.41) is 14.5. The molecule has 31 heavy (non-hydrogen) atoms. The third-order valence-electron chi connectivity index (χ3n) is 5.08. The number of carboxylic acid groups (broad SMARTS) is 1. The molecule has 0 saturated carbocycles. The van der Waals surface area contributed by atoms with Gasteiger partial charge in [0.1, 0.15) is 0 Å². The van der Waals surface area contributed by atoms with Crippen molar-refractivity contribution in [2.75, 3.05) is 25.0 Å². The number of pyridine rings is 1. The number of carbonyl (C=O) groups is 2. The van der Waals surface area contributed by atoms with Crippen molar-refractivity contribution in [3.63, 3.8) is 0 Å². The van der Waals surface area contributed by atoms with Gasteiger partial charge in [-0.15, -0.1) is 0 Å². The number of ether oxygens (including phenoxy) is 1. The van der Waals surface area contributed by atoms with Gasteiger partial charge in [0, 0.05) is 30.7 Å². The number of hydrogen-bond acceptors (Lipinski definition) is 6. The van der Waals surface area contributed by atoms with E-state index in [9.17, 15) is 18.0 Å². The highest BCUT2D eigenvalue weighted by Crippen LogP contribution is 2.36. The van der Waals surface area contributed by atoms with Crippen LogP contribution in [0.3, 0.4) is 0 Å². The van der Waals surface area contributed by atoms with Crippen LogP contribution < -0.4 is 5.32 Å². The largest absolute Gasteiger partial charge is 0.490 e. The molecule has 2 aliphatic heterocycles. The number of hydrogen-bond donors (Lipinski definition) is 2. The number of carboxylic acids is 1. The summed E-state index contributed by atoms with van der Waals surface area (Å²) >= 11 is 1.56. The molecule has 2 saturated heterocycles. The van der Waals surface area contributed by atoms with Gasteiger partial charge in [0.15, 0.2) is 0 Å². The fraction of sp³-hybridized carbons (Fsp3) is 0.450. The number of anilines is 1. The van der Waals surface area contributed by atoms with E-state index >= 15 is 0 Å². The van der Waals surface area contributed by atoms with Crippen molar-refractivity contribution >= 4 is 28.9 Å². The van der Waals surface area contributed by atoms with Crippen LogP contribution >= 0.6 is 11.3 Å². The molecule has 7 nitrogen and oxygen atoms in total. The summed E-state index contributed by atoms with van der Waals surface area (Å²) in [5.74, 6) is -2.63. The molecule has 2 fully saturated rings. The zero-order valence-electron chi connectivity index (χ0n) is 16.5. The number of amides is 1. The molecule has 168 valence electrons. The van der Waals surface area contributed by atoms with E-state index in [-0.39, 0.29) is 17.6 Å². The van der Waals surface area contributed by atoms with E-state index in [1.807, 2.05) is 40.1 Å². The predicted molar refractivity (Wildman–Crippen MR) is 108 cm³/mol. The smallest absolute Gasteiger partial charge is 0.475 e. The lowest BCUT2D eigenvalue weighted by atomic mass is 9.88. The van der Waals surface area contributed by atoms with Crippen molar-refractivity contribution in [3.05, 3.63) is 46.9 Å². The fourth-order valence-electron chi connectivity index (χ4n) is 3.75. The lowest BCUT2D eigenvalue weighted by Crippen LogP contribution is -2.50. The molecule has 1 spiro atoms. The number of thiophene rings is 1. The molecule has 2 aromatic heterocycles. The van der Waals surface area contributed by atoms with Gasteiger partial charge in [0.05, 0.1) is 36.0 Å². The first-order valence-electron chi connectivity index (χ1n) is 9.61. The highest BCUT2D eigenvalue weighted by Gasteiger charge is 2.44. The van der Waals surface area contributed by atoms with Gasteiger partial charge in [-0.2, -0.15) is 24.5 Å². The van der Waals surface area contributed by atoms with Gasteiger partial charge in [0.25, 0.3) is 5.91 Å². The summed E-state index contributed by atoms with van der Waals surface area (Å²) in [6.07, 6.45) is 1.46. The fourth-order valence-corrected chi connectivity index (χ4v) is 4.38. The van der Waals surface area contributed by atoms with Crippen LogP contribution in [0.1, 0.15) is 29.6 Å². The third-order valence-corrected chi connectivity index (χ3v) is 5.76. The summed E-state index contributed by atoms with van der Waals surface area (Å²) in [5.41, 5.74) is 1.61. The van der Waals surface area contributed by atoms with Crippen LogP contribution in [0, 0.1) is 0 Å². The van der Waals surface area contributed by atoms with Crippen molar-refractivity contribution < 1.29 is 32.6 Å². The van der Waals surface area contributed by atoms with Crippen LogP contribution in [0.2, 0.25) is 0 Å². The van der Waals surface area contributed by atoms with Crippen molar-refractivity contribution in [1.29, 1.82) is 0 Å². The van der Waals surface area contributed by atoms with Gasteiger partial charge in [-0.3, -0.25) is 9.78 Å². The number of likely N-dealkylation sites (tertiary alicyclic amines) is 1. The van der Waals surface area contributed by atoms with Gasteiger partial charge in [0.2, 0.25) is 0 Å². The zero-order chi connectivity index (χ0) is 22.5. The summed E-state index contributed by atoms with van der Waals surface area (Å²) in [7, 11) is 0. The van der Waals surface area contributed by atoms with Crippen LogP contribution in [-0.2, 0) is 9.53 Å². The number of nitrogens with zero attached hydrogens (tertiary/aromatic N) is 2. The van der Waals surface area contributed by atoms with E-state index in [1.165, 1.54) is 0 Å². The van der Waals surface area contributed by atoms with Crippen molar-refractivity contribution in [2.24, 2.45) is 0 Å². The van der Waals surface area contributed by atoms with Crippen molar-refractivity contribution in [3.8, 4) is 0 Å². The van der Waals surface area contributed by atoms with E-state index in [4.69, 9.17) is 14.6 Å². The van der Waals surface area contributed by atoms with E-state index in [1.54, 1.807) is 17.5 Å². The molecule has 2 N–H and O–H groups in total. The van der Waals surface area contributed by atoms with Crippen LogP contribution in [-0.4, -0.2) is 64.4 Å². The van der Waals surface area contributed by atoms with Crippen LogP contribution in [0.4, 0.5) is 18.9 Å². The molecule has 2 unspecified atom stereocenters. The summed E-state index contributed by atoms with van der Waals surface area (Å²) in [6, 6.07) is 6.11. The predicted octanol–water partition coefficient (Wildman–Crippen LogP) is 3.65. The third kappa shape index (κ3) is 6.17. The molecular weight excluding hydrogens is 435 g/mol. The Bertz CT molecular complexity index is 880. The number of rotatable bonds is 3. The van der Waals surface area contributed by atoms with Crippen LogP contribution in [0.25, 0.3) is 0 Å². The summed E-state index contributed by atoms with van der Waals surface area (Å²) in [6.45, 7) is 2.18. The number of aromatic nitrogens is 1. The van der Waals surface area contributed by atoms with Gasteiger partial charge >= 0.3 is 12.1 Å². The molecule has 2 atom stereocenters. The second-order valence-corrected chi connectivity index (χ2v) is 8.21. The Kier molecular flexibility index (Phi) is 7.16. The quantitative estimate of drug-likeness (QED) is 0.731. The maximum atomic E-state index is 12.6. The lowest BCUT2D eigenvalue weighted by Gasteiger charge is -2.39. The monoisotopic (exact) mass is 457 g/mol. The Hall–Kier alpha value is -2.66. The van der Waals surface area contributed by atoms with Crippen LogP contribution in [0.15, 0.2) is 41.4 Å². The summed E-state index contributed by atoms with van der Waals surface area (Å²) < 4.78 is 37.9. The molecule has 4 heterocycles. The molecule has 0 aliphatic carbocycles. The van der Waals surface area contributed by atoms with Gasteiger partial charge in [-0.1, -0.05) is 0 Å². The number of carbonyl (C=O) groups excluding carboxylic acids is 1. The molecule has 11 heteroatoms. The molecule has 0 bridgehead atoms. The van der Waals surface area contributed by atoms with E-state index in [0.29, 0.717) is 13.2 Å². The Morgan fingerprint density at radius 3 is 2.74 bits per heavy atom. The van der Waals surface area contributed by atoms with Gasteiger partial charge in [-0.05, 0) is 36.4 Å². The van der Waals surface area contributed by atoms with Crippen molar-refractivity contribution in [1.82, 2.24) is 9.88 Å². The first kappa shape index (κ1) is 23.0. The number of aliphatic carboxylic acids is 1. The molecule has 1 amide bonds. The summed E-state index contributed by atoms with van der Waals surface area (Å²) in [4.78, 5) is 27.6. The minimum Gasteiger partial charge on any atom is -0.475 e. The highest BCUT2D eigenvalue weighted by molar-refractivity contribution is 7.08. The van der Waals surface area contributed by atoms with E-state index in [0.717, 1.165) is 37.1 Å². The van der Waals surface area contributed by atoms with Crippen molar-refractivity contribution in [2.45, 2.75) is 37.1 Å². The minimum absolute atomic E-state index is 0.127. The SMILES string of the molecule is O=C(O)C(F)(F)F.O=C(c1ccsc1)N1CCCC2(CC(Nc3cccnc3)CO2)C1. The molecule has 0 radical (unpaired) electrons. The average molecular weight is 457 g/mol. The maximum absolute atomic E-state index is 12.6. The Morgan fingerprint density at radius 1 is 1.35 bits per heavy atom. The van der Waals surface area contributed by atoms with Crippen LogP contribution in [0.5, 0.6) is 0 Å². The average Bonchev–Trinajstić information content (AvgIpc) is 3.39. The zero-order valence-corrected chi connectivity index (χ0v) is 17.3. The first-order valence-corrected chi connectivity index (χ1v) is 10.5. The Balaban J connectivity index is 0.000000339. The van der Waals surface area contributed by atoms with Gasteiger partial charge < -0.3 is 20.1 Å². The second-order valence-electron chi connectivity index (χ2n) is 7.43. The number of nitrogens with one attached hydrogen (secondary N) is 1. The van der Waals surface area contributed by atoms with E-state index < -0.39 is 12.1 Å². The topological polar surface area (TPSA) is 91.8 Å². The standard InChI is InChI=1S/C18H21N3O2S.C2HF3O2/c22-17(14-4-8-24-12-14)21-7-2-5-18(13-21)9-16(11-23-18)20-15-3-1-6-19-10-15;3-2(4,5)1(6)7/h1,3-4,6,8,10,12,16,20H,2,5,7,9,11,13H2;(H,6,7). The Morgan fingerprint density at radius 2 is 2.13 bits per heavy atom. The molecule has 0 aromatic carbocycles. The number of halogens is 3. The van der Waals surface area contributed by atoms with E-state index in [2.05, 4.69) is 10.3 Å².